The van der Waals surface area contributed by atoms with Gasteiger partial charge in [0.25, 0.3) is 11.5 Å². The van der Waals surface area contributed by atoms with Crippen LogP contribution in [0.2, 0.25) is 0 Å². The van der Waals surface area contributed by atoms with Gasteiger partial charge in [-0.1, -0.05) is 13.8 Å². The number of halogens is 2. The van der Waals surface area contributed by atoms with E-state index in [1.54, 1.807) is 16.8 Å². The molecule has 0 bridgehead atoms. The molecule has 0 spiro atoms. The Labute approximate surface area is 224 Å². The maximum Gasteiger partial charge on any atom is 0.287 e. The second-order valence-electron chi connectivity index (χ2n) is 10.2. The molecule has 202 valence electrons. The molecule has 1 amide bonds. The van der Waals surface area contributed by atoms with Crippen molar-refractivity contribution >= 4 is 34.4 Å². The number of carbonyl (C=O) groups is 1. The molecule has 2 aliphatic rings. The Kier molecular flexibility index (Phi) is 6.08. The number of nitrogens with one attached hydrogen (secondary N) is 3. The number of hydrogen-bond donors (Lipinski definition) is 4. The number of ether oxygens (including phenoxy) is 1. The Morgan fingerprint density at radius 3 is 2.87 bits per heavy atom. The zero-order valence-electron chi connectivity index (χ0n) is 21.0. The van der Waals surface area contributed by atoms with Gasteiger partial charge in [0, 0.05) is 16.5 Å². The minimum absolute atomic E-state index is 0.0119. The first-order valence-corrected chi connectivity index (χ1v) is 13.0. The van der Waals surface area contributed by atoms with Crippen LogP contribution in [0.25, 0.3) is 11.3 Å². The van der Waals surface area contributed by atoms with Crippen molar-refractivity contribution in [2.45, 2.75) is 39.5 Å². The van der Waals surface area contributed by atoms with Gasteiger partial charge >= 0.3 is 0 Å². The Morgan fingerprint density at radius 2 is 2.10 bits per heavy atom. The van der Waals surface area contributed by atoms with Gasteiger partial charge in [-0.3, -0.25) is 14.3 Å². The van der Waals surface area contributed by atoms with Gasteiger partial charge in [-0.25, -0.2) is 13.9 Å². The van der Waals surface area contributed by atoms with E-state index in [0.29, 0.717) is 37.6 Å². The van der Waals surface area contributed by atoms with Crippen molar-refractivity contribution < 1.29 is 23.4 Å². The van der Waals surface area contributed by atoms with Crippen LogP contribution in [-0.2, 0) is 24.3 Å². The van der Waals surface area contributed by atoms with E-state index in [-0.39, 0.29) is 27.2 Å². The van der Waals surface area contributed by atoms with E-state index in [1.165, 1.54) is 23.5 Å². The number of rotatable bonds is 5. The standard InChI is InChI=1S/C26H24F2N6O4S/c1-26(2)10-19-14(23(26)35)8-18(39-19)25(37)30-22-15(27)4-3-13(21(22)28)16-9-17(24(36)32-31-16)29-20-7-12-11-38-6-5-34(12)33-20/h3-4,7-9,23,35H,5-6,10-11H2,1-2H3,(H,30,37)(H,32,36)(H,29,31,33)/t23-/m0/s1. The average Bonchev–Trinajstić information content (AvgIpc) is 3.55. The molecular weight excluding hydrogens is 530 g/mol. The summed E-state index contributed by atoms with van der Waals surface area (Å²) in [5, 5.41) is 26.4. The minimum Gasteiger partial charge on any atom is -0.388 e. The van der Waals surface area contributed by atoms with Gasteiger partial charge in [-0.15, -0.1) is 11.3 Å². The van der Waals surface area contributed by atoms with Crippen LogP contribution in [0.4, 0.5) is 26.0 Å². The highest BCUT2D eigenvalue weighted by Crippen LogP contribution is 2.48. The van der Waals surface area contributed by atoms with Crippen molar-refractivity contribution in [1.82, 2.24) is 20.0 Å². The summed E-state index contributed by atoms with van der Waals surface area (Å²) in [4.78, 5) is 26.4. The summed E-state index contributed by atoms with van der Waals surface area (Å²) >= 11 is 1.19. The SMILES string of the molecule is CC1(C)Cc2sc(C(=O)Nc3c(F)ccc(-c4cc(Nc5cc6n(n5)CCOC6)c(=O)[nH]n4)c3F)cc2[C@@H]1O. The normalized spacial score (nSPS) is 17.5. The number of aromatic nitrogens is 4. The maximum atomic E-state index is 15.6. The number of aliphatic hydroxyl groups is 1. The number of amides is 1. The van der Waals surface area contributed by atoms with Gasteiger partial charge in [0.15, 0.2) is 11.6 Å². The zero-order chi connectivity index (χ0) is 27.5. The van der Waals surface area contributed by atoms with Crippen LogP contribution in [0.3, 0.4) is 0 Å². The van der Waals surface area contributed by atoms with Crippen molar-refractivity contribution in [3.05, 3.63) is 73.3 Å². The molecule has 0 radical (unpaired) electrons. The van der Waals surface area contributed by atoms with Gasteiger partial charge in [-0.2, -0.15) is 10.2 Å². The molecule has 0 unspecified atom stereocenters. The number of anilines is 3. The first kappa shape index (κ1) is 25.3. The molecule has 4 aromatic rings. The second-order valence-corrected chi connectivity index (χ2v) is 11.3. The number of carbonyl (C=O) groups excluding carboxylic acids is 1. The molecule has 1 aliphatic heterocycles. The molecule has 4 heterocycles. The maximum absolute atomic E-state index is 15.6. The van der Waals surface area contributed by atoms with Crippen LogP contribution in [0.5, 0.6) is 0 Å². The molecule has 13 heteroatoms. The summed E-state index contributed by atoms with van der Waals surface area (Å²) in [6.45, 7) is 5.38. The minimum atomic E-state index is -1.05. The van der Waals surface area contributed by atoms with Crippen molar-refractivity contribution in [1.29, 1.82) is 0 Å². The monoisotopic (exact) mass is 554 g/mol. The molecule has 1 aromatic carbocycles. The molecule has 10 nitrogen and oxygen atoms in total. The van der Waals surface area contributed by atoms with Crippen LogP contribution in [0.1, 0.15) is 45.8 Å². The van der Waals surface area contributed by atoms with Gasteiger partial charge in [0.1, 0.15) is 17.2 Å². The highest BCUT2D eigenvalue weighted by atomic mass is 32.1. The fraction of sp³-hybridized carbons (Fsp3) is 0.308. The predicted octanol–water partition coefficient (Wildman–Crippen LogP) is 4.11. The molecule has 0 saturated heterocycles. The van der Waals surface area contributed by atoms with Crippen LogP contribution in [0, 0.1) is 17.0 Å². The number of hydrogen-bond acceptors (Lipinski definition) is 8. The van der Waals surface area contributed by atoms with E-state index < -0.39 is 34.9 Å². The first-order chi connectivity index (χ1) is 18.6. The van der Waals surface area contributed by atoms with Crippen LogP contribution in [0.15, 0.2) is 35.1 Å². The molecule has 1 aliphatic carbocycles. The van der Waals surface area contributed by atoms with Crippen molar-refractivity contribution in [3.63, 3.8) is 0 Å². The van der Waals surface area contributed by atoms with E-state index in [1.807, 2.05) is 13.8 Å². The lowest BCUT2D eigenvalue weighted by molar-refractivity contribution is 0.0665. The van der Waals surface area contributed by atoms with Crippen molar-refractivity contribution in [2.75, 3.05) is 17.2 Å². The molecule has 3 aromatic heterocycles. The number of benzene rings is 1. The molecule has 6 rings (SSSR count). The molecule has 39 heavy (non-hydrogen) atoms. The molecule has 4 N–H and O–H groups in total. The fourth-order valence-corrected chi connectivity index (χ4v) is 6.15. The van der Waals surface area contributed by atoms with E-state index >= 15 is 4.39 Å². The van der Waals surface area contributed by atoms with E-state index in [2.05, 4.69) is 25.9 Å². The third-order valence-electron chi connectivity index (χ3n) is 6.95. The van der Waals surface area contributed by atoms with E-state index in [0.717, 1.165) is 16.6 Å². The smallest absolute Gasteiger partial charge is 0.287 e. The van der Waals surface area contributed by atoms with E-state index in [9.17, 15) is 19.1 Å². The van der Waals surface area contributed by atoms with Crippen LogP contribution < -0.4 is 16.2 Å². The topological polar surface area (TPSA) is 134 Å². The molecule has 0 saturated carbocycles. The number of thiophene rings is 1. The molecule has 1 atom stereocenters. The number of aromatic amines is 1. The number of aliphatic hydroxyl groups excluding tert-OH is 1. The van der Waals surface area contributed by atoms with Crippen molar-refractivity contribution in [2.24, 2.45) is 5.41 Å². The summed E-state index contributed by atoms with van der Waals surface area (Å²) in [5.41, 5.74) is -0.107. The molecule has 0 fully saturated rings. The van der Waals surface area contributed by atoms with E-state index in [4.69, 9.17) is 4.74 Å². The van der Waals surface area contributed by atoms with Gasteiger partial charge in [0.2, 0.25) is 0 Å². The van der Waals surface area contributed by atoms with Gasteiger partial charge in [-0.05, 0) is 41.7 Å². The summed E-state index contributed by atoms with van der Waals surface area (Å²) in [6, 6.07) is 6.82. The number of H-pyrrole nitrogens is 1. The number of nitrogens with zero attached hydrogens (tertiary/aromatic N) is 3. The van der Waals surface area contributed by atoms with Crippen LogP contribution in [-0.4, -0.2) is 37.6 Å². The van der Waals surface area contributed by atoms with Crippen molar-refractivity contribution in [3.8, 4) is 11.3 Å². The quantitative estimate of drug-likeness (QED) is 0.292. The lowest BCUT2D eigenvalue weighted by Crippen LogP contribution is -2.18. The summed E-state index contributed by atoms with van der Waals surface area (Å²) in [5.74, 6) is -2.31. The lowest BCUT2D eigenvalue weighted by atomic mass is 9.88. The highest BCUT2D eigenvalue weighted by molar-refractivity contribution is 7.14. The van der Waals surface area contributed by atoms with Gasteiger partial charge < -0.3 is 20.5 Å². The van der Waals surface area contributed by atoms with Crippen LogP contribution >= 0.6 is 11.3 Å². The zero-order valence-corrected chi connectivity index (χ0v) is 21.8. The first-order valence-electron chi connectivity index (χ1n) is 12.2. The average molecular weight is 555 g/mol. The third kappa shape index (κ3) is 4.51. The number of fused-ring (bicyclic) bond motifs is 2. The van der Waals surface area contributed by atoms with Gasteiger partial charge in [0.05, 0.1) is 42.1 Å². The fourth-order valence-electron chi connectivity index (χ4n) is 4.82. The Balaban J connectivity index is 1.27. The third-order valence-corrected chi connectivity index (χ3v) is 8.10. The largest absolute Gasteiger partial charge is 0.388 e. The second kappa shape index (κ2) is 9.36. The summed E-state index contributed by atoms with van der Waals surface area (Å²) in [6.07, 6.45) is -0.124. The summed E-state index contributed by atoms with van der Waals surface area (Å²) < 4.78 is 37.4. The lowest BCUT2D eigenvalue weighted by Gasteiger charge is -2.22. The summed E-state index contributed by atoms with van der Waals surface area (Å²) in [7, 11) is 0. The Bertz CT molecular complexity index is 1650. The Morgan fingerprint density at radius 1 is 1.28 bits per heavy atom. The highest BCUT2D eigenvalue weighted by Gasteiger charge is 2.40. The molecular formula is C26H24F2N6O4S. The predicted molar refractivity (Wildman–Crippen MR) is 140 cm³/mol. The Hall–Kier alpha value is -3.94.